The van der Waals surface area contributed by atoms with Gasteiger partial charge in [-0.1, -0.05) is 42.2 Å². The van der Waals surface area contributed by atoms with Crippen LogP contribution in [-0.4, -0.2) is 168 Å². The molecule has 3 fully saturated rings. The Bertz CT molecular complexity index is 2910. The molecule has 10 rings (SSSR count). The molecule has 3 saturated heterocycles. The van der Waals surface area contributed by atoms with Crippen molar-refractivity contribution in [3.63, 3.8) is 0 Å². The van der Waals surface area contributed by atoms with E-state index in [-0.39, 0.29) is 110 Å². The lowest BCUT2D eigenvalue weighted by atomic mass is 9.74. The Balaban J connectivity index is 1.18. The molecule has 1 aliphatic carbocycles. The fraction of sp³-hybridized carbons (Fsp3) is 0.491. The van der Waals surface area contributed by atoms with Gasteiger partial charge in [0, 0.05) is 59.8 Å². The Morgan fingerprint density at radius 1 is 1.04 bits per heavy atom. The number of nitrogens with zero attached hydrogens (tertiary/aromatic N) is 1. The maximum atomic E-state index is 15.2. The van der Waals surface area contributed by atoms with Crippen LogP contribution in [0.1, 0.15) is 93.5 Å². The zero-order valence-corrected chi connectivity index (χ0v) is 42.9. The summed E-state index contributed by atoms with van der Waals surface area (Å²) in [4.78, 5) is 57.5. The van der Waals surface area contributed by atoms with Crippen LogP contribution in [0.4, 0.5) is 5.69 Å². The number of hydrazine groups is 1. The number of aldehydes is 1. The van der Waals surface area contributed by atoms with E-state index in [4.69, 9.17) is 29.4 Å². The van der Waals surface area contributed by atoms with Gasteiger partial charge in [0.2, 0.25) is 12.2 Å². The molecule has 6 heterocycles. The number of nitrogens with one attached hydrogen (secondary N) is 6. The molecular formula is C55H66N8O15. The van der Waals surface area contributed by atoms with Gasteiger partial charge in [0.05, 0.1) is 57.0 Å². The fourth-order valence-corrected chi connectivity index (χ4v) is 11.2. The standard InChI is InChI=1S/C55H66N8O15/c1-28(66)22-59-62-41-20-29(12-16-57-41)14-18-75-49-50(71)55(73)15-4-5-32(67)10-9-31-24-74-26-40(55)77-53(49)78-47-38(42(31)35-6-2-3-7-39(35)63-27-58-44-51(63)60-54(56)61-52(44)72)21-37-43(48(47)76-25-33(68)13-17-64)46(70)36-19-30(23-65)8-11-34(36)45(37)69/h2-3,6-8,11-12,17,19-21,28,31-33,40,42,44,49-51,53-54,57-60,62,65-68,71,73H,5,9-10,13-14,16,18,22-27,56H2,1H3,(H,61,72). The minimum atomic E-state index is -2.38. The molecular weight excluding hydrogens is 1010 g/mol. The van der Waals surface area contributed by atoms with Crippen LogP contribution in [0.25, 0.3) is 0 Å². The second-order valence-electron chi connectivity index (χ2n) is 20.6. The van der Waals surface area contributed by atoms with E-state index in [1.165, 1.54) is 12.1 Å². The van der Waals surface area contributed by atoms with Crippen LogP contribution in [0.2, 0.25) is 0 Å². The predicted molar refractivity (Wildman–Crippen MR) is 277 cm³/mol. The maximum absolute atomic E-state index is 15.2. The molecule has 0 spiro atoms. The van der Waals surface area contributed by atoms with Gasteiger partial charge in [-0.2, -0.15) is 0 Å². The topological polar surface area (TPSA) is 337 Å². The van der Waals surface area contributed by atoms with E-state index in [9.17, 15) is 40.2 Å². The van der Waals surface area contributed by atoms with Gasteiger partial charge in [-0.3, -0.25) is 30.8 Å². The molecule has 6 aliphatic heterocycles. The fourth-order valence-electron chi connectivity index (χ4n) is 11.2. The van der Waals surface area contributed by atoms with E-state index in [1.54, 1.807) is 19.1 Å². The summed E-state index contributed by atoms with van der Waals surface area (Å²) in [6.45, 7) is 1.02. The van der Waals surface area contributed by atoms with Gasteiger partial charge in [0.25, 0.3) is 0 Å². The van der Waals surface area contributed by atoms with Crippen molar-refractivity contribution < 1.29 is 73.5 Å². The predicted octanol–water partition coefficient (Wildman–Crippen LogP) is -1.55. The first-order valence-corrected chi connectivity index (χ1v) is 26.3. The molecule has 3 aromatic carbocycles. The third kappa shape index (κ3) is 11.0. The largest absolute Gasteiger partial charge is 0.486 e. The highest BCUT2D eigenvalue weighted by atomic mass is 16.7. The summed E-state index contributed by atoms with van der Waals surface area (Å²) in [6, 6.07) is 12.7. The van der Waals surface area contributed by atoms with Crippen LogP contribution in [0.15, 0.2) is 72.1 Å². The van der Waals surface area contributed by atoms with Crippen molar-refractivity contribution in [3.8, 4) is 23.3 Å². The monoisotopic (exact) mass is 1080 g/mol. The van der Waals surface area contributed by atoms with Crippen molar-refractivity contribution in [2.45, 2.75) is 119 Å². The molecule has 0 radical (unpaired) electrons. The van der Waals surface area contributed by atoms with Gasteiger partial charge in [0.15, 0.2) is 28.7 Å². The quantitative estimate of drug-likeness (QED) is 0.0343. The van der Waals surface area contributed by atoms with Crippen molar-refractivity contribution in [1.82, 2.24) is 32.1 Å². The van der Waals surface area contributed by atoms with Gasteiger partial charge in [-0.25, -0.2) is 5.43 Å². The Kier molecular flexibility index (Phi) is 16.6. The van der Waals surface area contributed by atoms with Crippen LogP contribution in [0.3, 0.4) is 0 Å². The number of nitrogens with two attached hydrogens (primary N) is 1. The third-order valence-corrected chi connectivity index (χ3v) is 15.2. The van der Waals surface area contributed by atoms with E-state index in [1.807, 2.05) is 41.3 Å². The second-order valence-corrected chi connectivity index (χ2v) is 20.6. The minimum absolute atomic E-state index is 0.0413. The van der Waals surface area contributed by atoms with E-state index in [0.29, 0.717) is 35.5 Å². The van der Waals surface area contributed by atoms with Crippen LogP contribution < -0.4 is 52.2 Å². The van der Waals surface area contributed by atoms with Gasteiger partial charge >= 0.3 is 0 Å². The summed E-state index contributed by atoms with van der Waals surface area (Å²) >= 11 is 0. The normalized spacial score (nSPS) is 30.2. The Hall–Kier alpha value is -6.34. The molecule has 14 N–H and O–H groups in total. The van der Waals surface area contributed by atoms with Gasteiger partial charge in [0.1, 0.15) is 55.5 Å². The number of rotatable bonds is 16. The molecule has 3 bridgehead atoms. The first-order valence-electron chi connectivity index (χ1n) is 26.3. The second kappa shape index (κ2) is 23.6. The highest BCUT2D eigenvalue weighted by Gasteiger charge is 2.57. The lowest BCUT2D eigenvalue weighted by Crippen LogP contribution is -2.70. The summed E-state index contributed by atoms with van der Waals surface area (Å²) in [5, 5.41) is 80.4. The molecule has 78 heavy (non-hydrogen) atoms. The van der Waals surface area contributed by atoms with Crippen molar-refractivity contribution in [1.29, 1.82) is 0 Å². The van der Waals surface area contributed by atoms with E-state index >= 15 is 9.59 Å². The smallest absolute Gasteiger partial charge is 0.242 e. The molecule has 13 unspecified atom stereocenters. The molecule has 416 valence electrons. The molecule has 3 aromatic rings. The molecule has 23 heteroatoms. The number of para-hydroxylation sites is 1. The number of anilines is 1. The third-order valence-electron chi connectivity index (χ3n) is 15.2. The van der Waals surface area contributed by atoms with Crippen LogP contribution in [-0.2, 0) is 30.4 Å². The van der Waals surface area contributed by atoms with Crippen molar-refractivity contribution >= 4 is 29.4 Å². The number of aliphatic hydroxyl groups excluding tert-OH is 5. The summed E-state index contributed by atoms with van der Waals surface area (Å²) < 4.78 is 33.5. The highest BCUT2D eigenvalue weighted by molar-refractivity contribution is 6.29. The molecule has 0 aromatic heterocycles. The van der Waals surface area contributed by atoms with Gasteiger partial charge in [-0.05, 0) is 79.1 Å². The number of aliphatic hydroxyl groups is 6. The van der Waals surface area contributed by atoms with Crippen molar-refractivity contribution in [2.75, 3.05) is 51.1 Å². The number of allylic oxidation sites excluding steroid dienone is 1. The van der Waals surface area contributed by atoms with E-state index < -0.39 is 104 Å². The number of ketones is 2. The number of amides is 1. The molecule has 7 aliphatic rings. The Morgan fingerprint density at radius 3 is 2.68 bits per heavy atom. The average Bonchev–Trinajstić information content (AvgIpc) is 3.90. The lowest BCUT2D eigenvalue weighted by molar-refractivity contribution is -0.308. The number of ether oxygens (including phenoxy) is 5. The number of benzene rings is 3. The zero-order valence-electron chi connectivity index (χ0n) is 42.9. The summed E-state index contributed by atoms with van der Waals surface area (Å²) in [7, 11) is 0. The van der Waals surface area contributed by atoms with Gasteiger partial charge in [-0.15, -0.1) is 0 Å². The number of carbonyl (C=O) groups is 4. The average molecular weight is 1080 g/mol. The van der Waals surface area contributed by atoms with Gasteiger partial charge < -0.3 is 80.1 Å². The minimum Gasteiger partial charge on any atom is -0.486 e. The maximum Gasteiger partial charge on any atom is 0.242 e. The number of hydrogen-bond donors (Lipinski definition) is 13. The van der Waals surface area contributed by atoms with E-state index in [0.717, 1.165) is 5.57 Å². The van der Waals surface area contributed by atoms with E-state index in [2.05, 4.69) is 44.0 Å². The number of hydrogen-bond acceptors (Lipinski definition) is 22. The number of carbonyl (C=O) groups excluding carboxylic acids is 4. The Morgan fingerprint density at radius 2 is 1.87 bits per heavy atom. The Labute approximate surface area is 449 Å². The van der Waals surface area contributed by atoms with Crippen molar-refractivity contribution in [2.24, 2.45) is 11.7 Å². The molecule has 0 saturated carbocycles. The first-order chi connectivity index (χ1) is 37.7. The molecule has 1 amide bonds. The van der Waals surface area contributed by atoms with Crippen LogP contribution in [0, 0.1) is 17.8 Å². The summed E-state index contributed by atoms with van der Waals surface area (Å²) in [5.41, 5.74) is 12.2. The number of fused-ring (bicyclic) bond motifs is 8. The highest BCUT2D eigenvalue weighted by Crippen LogP contribution is 2.52. The molecule has 23 nitrogen and oxygen atoms in total. The summed E-state index contributed by atoms with van der Waals surface area (Å²) in [6.07, 6.45) is -6.69. The SMILES string of the molecule is CC(O)CNNC1=CC(CCOC2C3Oc4c(cc5c(c4OCC(O)CC=O)C(=O)c4cc(CO)ccc4C5=O)C(c4ccccc4N4CNC5C(=O)NC(N)NC54)C4CCC(O)CC#CC(O)(C(COC4)O3)C2O)=CCN1. The zero-order chi connectivity index (χ0) is 54.8. The number of dihydropyridines is 1. The van der Waals surface area contributed by atoms with Crippen LogP contribution >= 0.6 is 0 Å². The first kappa shape index (κ1) is 55.0. The lowest BCUT2D eigenvalue weighted by Gasteiger charge is -2.47. The summed E-state index contributed by atoms with van der Waals surface area (Å²) in [5.74, 6) is 2.65. The van der Waals surface area contributed by atoms with Crippen molar-refractivity contribution in [3.05, 3.63) is 111 Å². The van der Waals surface area contributed by atoms with Crippen LogP contribution in [0.5, 0.6) is 11.5 Å². The molecule has 13 atom stereocenters.